The highest BCUT2D eigenvalue weighted by atomic mass is 16.5. The molecule has 108 valence electrons. The van der Waals surface area contributed by atoms with Gasteiger partial charge in [0.25, 0.3) is 0 Å². The molecule has 0 bridgehead atoms. The molecular formula is C15H25NO3. The number of aryl methyl sites for hydroxylation is 1. The third-order valence-electron chi connectivity index (χ3n) is 2.77. The fraction of sp³-hybridized carbons (Fsp3) is 0.600. The first-order chi connectivity index (χ1) is 9.11. The molecule has 2 unspecified atom stereocenters. The molecule has 4 heteroatoms. The molecule has 2 N–H and O–H groups in total. The van der Waals surface area contributed by atoms with E-state index < -0.39 is 6.10 Å². The summed E-state index contributed by atoms with van der Waals surface area (Å²) >= 11 is 0. The van der Waals surface area contributed by atoms with Crippen molar-refractivity contribution >= 4 is 0 Å². The second-order valence-corrected chi connectivity index (χ2v) is 4.87. The van der Waals surface area contributed by atoms with E-state index in [0.29, 0.717) is 19.8 Å². The largest absolute Gasteiger partial charge is 0.389 e. The Kier molecular flexibility index (Phi) is 7.67. The summed E-state index contributed by atoms with van der Waals surface area (Å²) in [4.78, 5) is 0. The minimum atomic E-state index is -0.496. The first-order valence-corrected chi connectivity index (χ1v) is 6.66. The van der Waals surface area contributed by atoms with E-state index in [0.717, 1.165) is 6.54 Å². The van der Waals surface area contributed by atoms with Crippen LogP contribution in [-0.2, 0) is 16.0 Å². The molecule has 0 fully saturated rings. The van der Waals surface area contributed by atoms with Crippen molar-refractivity contribution in [2.24, 2.45) is 0 Å². The lowest BCUT2D eigenvalue weighted by Crippen LogP contribution is -2.32. The number of nitrogens with one attached hydrogen (secondary N) is 1. The topological polar surface area (TPSA) is 50.7 Å². The molecule has 0 spiro atoms. The summed E-state index contributed by atoms with van der Waals surface area (Å²) in [5.74, 6) is 0. The van der Waals surface area contributed by atoms with Gasteiger partial charge in [-0.1, -0.05) is 29.8 Å². The van der Waals surface area contributed by atoms with E-state index >= 15 is 0 Å². The molecule has 4 nitrogen and oxygen atoms in total. The van der Waals surface area contributed by atoms with E-state index in [1.165, 1.54) is 11.1 Å². The summed E-state index contributed by atoms with van der Waals surface area (Å²) < 4.78 is 10.4. The summed E-state index contributed by atoms with van der Waals surface area (Å²) in [6.45, 7) is 6.15. The smallest absolute Gasteiger partial charge is 0.0897 e. The van der Waals surface area contributed by atoms with Gasteiger partial charge < -0.3 is 19.9 Å². The highest BCUT2D eigenvalue weighted by molar-refractivity contribution is 5.21. The van der Waals surface area contributed by atoms with Crippen LogP contribution < -0.4 is 5.32 Å². The SMILES string of the molecule is COCC(C)OCC(O)CNCc1cccc(C)c1. The molecule has 2 atom stereocenters. The standard InChI is InChI=1S/C15H25NO3/c1-12-5-4-6-14(7-12)8-16-9-15(17)11-19-13(2)10-18-3/h4-7,13,15-17H,8-11H2,1-3H3. The van der Waals surface area contributed by atoms with Crippen LogP contribution in [0.15, 0.2) is 24.3 Å². The van der Waals surface area contributed by atoms with E-state index in [9.17, 15) is 5.11 Å². The van der Waals surface area contributed by atoms with Gasteiger partial charge in [-0.25, -0.2) is 0 Å². The Labute approximate surface area is 115 Å². The van der Waals surface area contributed by atoms with Crippen molar-refractivity contribution < 1.29 is 14.6 Å². The van der Waals surface area contributed by atoms with Gasteiger partial charge in [0.05, 0.1) is 25.4 Å². The summed E-state index contributed by atoms with van der Waals surface area (Å²) in [6, 6.07) is 8.32. The summed E-state index contributed by atoms with van der Waals surface area (Å²) in [7, 11) is 1.64. The van der Waals surface area contributed by atoms with E-state index in [2.05, 4.69) is 30.4 Å². The van der Waals surface area contributed by atoms with Gasteiger partial charge in [-0.3, -0.25) is 0 Å². The fourth-order valence-electron chi connectivity index (χ4n) is 1.82. The number of ether oxygens (including phenoxy) is 2. The van der Waals surface area contributed by atoms with Crippen molar-refractivity contribution in [1.29, 1.82) is 0 Å². The minimum absolute atomic E-state index is 0.0106. The molecule has 0 aliphatic carbocycles. The molecule has 0 heterocycles. The number of aliphatic hydroxyl groups is 1. The van der Waals surface area contributed by atoms with Crippen LogP contribution in [0.2, 0.25) is 0 Å². The predicted molar refractivity (Wildman–Crippen MR) is 76.2 cm³/mol. The number of benzene rings is 1. The monoisotopic (exact) mass is 267 g/mol. The van der Waals surface area contributed by atoms with Gasteiger partial charge in [0.1, 0.15) is 0 Å². The first-order valence-electron chi connectivity index (χ1n) is 6.66. The van der Waals surface area contributed by atoms with E-state index in [4.69, 9.17) is 9.47 Å². The van der Waals surface area contributed by atoms with Crippen LogP contribution in [0, 0.1) is 6.92 Å². The summed E-state index contributed by atoms with van der Waals surface area (Å²) in [5, 5.41) is 13.0. The van der Waals surface area contributed by atoms with Crippen LogP contribution in [0.5, 0.6) is 0 Å². The van der Waals surface area contributed by atoms with E-state index in [1.807, 2.05) is 13.0 Å². The number of rotatable bonds is 9. The van der Waals surface area contributed by atoms with Crippen LogP contribution in [0.25, 0.3) is 0 Å². The van der Waals surface area contributed by atoms with E-state index in [-0.39, 0.29) is 6.10 Å². The Morgan fingerprint density at radius 1 is 1.32 bits per heavy atom. The van der Waals surface area contributed by atoms with Crippen molar-refractivity contribution in [3.63, 3.8) is 0 Å². The third-order valence-corrected chi connectivity index (χ3v) is 2.77. The minimum Gasteiger partial charge on any atom is -0.389 e. The van der Waals surface area contributed by atoms with Gasteiger partial charge in [-0.2, -0.15) is 0 Å². The molecule has 1 aromatic carbocycles. The van der Waals surface area contributed by atoms with Crippen molar-refractivity contribution in [1.82, 2.24) is 5.32 Å². The first kappa shape index (κ1) is 16.1. The van der Waals surface area contributed by atoms with Crippen molar-refractivity contribution in [2.75, 3.05) is 26.9 Å². The Morgan fingerprint density at radius 2 is 2.11 bits per heavy atom. The Hall–Kier alpha value is -0.940. The van der Waals surface area contributed by atoms with Crippen LogP contribution in [0.4, 0.5) is 0 Å². The number of aliphatic hydroxyl groups excluding tert-OH is 1. The van der Waals surface area contributed by atoms with Crippen molar-refractivity contribution in [2.45, 2.75) is 32.6 Å². The maximum atomic E-state index is 9.77. The molecule has 0 aliphatic heterocycles. The zero-order chi connectivity index (χ0) is 14.1. The quantitative estimate of drug-likeness (QED) is 0.712. The number of hydrogen-bond donors (Lipinski definition) is 2. The van der Waals surface area contributed by atoms with Crippen molar-refractivity contribution in [3.8, 4) is 0 Å². The van der Waals surface area contributed by atoms with E-state index in [1.54, 1.807) is 7.11 Å². The summed E-state index contributed by atoms with van der Waals surface area (Å²) in [5.41, 5.74) is 2.47. The highest BCUT2D eigenvalue weighted by Crippen LogP contribution is 2.03. The van der Waals surface area contributed by atoms with Gasteiger partial charge in [0.2, 0.25) is 0 Å². The van der Waals surface area contributed by atoms with Crippen LogP contribution in [0.1, 0.15) is 18.1 Å². The molecule has 0 radical (unpaired) electrons. The molecule has 19 heavy (non-hydrogen) atoms. The maximum Gasteiger partial charge on any atom is 0.0897 e. The lowest BCUT2D eigenvalue weighted by atomic mass is 10.1. The zero-order valence-electron chi connectivity index (χ0n) is 12.1. The molecule has 0 aromatic heterocycles. The average Bonchev–Trinajstić information content (AvgIpc) is 2.37. The number of hydrogen-bond acceptors (Lipinski definition) is 4. The molecule has 1 aromatic rings. The Balaban J connectivity index is 2.15. The molecule has 0 amide bonds. The third kappa shape index (κ3) is 7.28. The number of methoxy groups -OCH3 is 1. The van der Waals surface area contributed by atoms with Gasteiger partial charge in [-0.05, 0) is 19.4 Å². The van der Waals surface area contributed by atoms with Crippen molar-refractivity contribution in [3.05, 3.63) is 35.4 Å². The maximum absolute atomic E-state index is 9.77. The molecule has 0 saturated carbocycles. The average molecular weight is 267 g/mol. The summed E-state index contributed by atoms with van der Waals surface area (Å²) in [6.07, 6.45) is -0.486. The second kappa shape index (κ2) is 9.04. The van der Waals surface area contributed by atoms with Crippen LogP contribution in [0.3, 0.4) is 0 Å². The van der Waals surface area contributed by atoms with Crippen LogP contribution in [-0.4, -0.2) is 44.2 Å². The van der Waals surface area contributed by atoms with Gasteiger partial charge >= 0.3 is 0 Å². The van der Waals surface area contributed by atoms with Gasteiger partial charge in [0, 0.05) is 20.2 Å². The molecule has 0 aliphatic rings. The Bertz CT molecular complexity index is 357. The molecule has 0 saturated heterocycles. The van der Waals surface area contributed by atoms with Gasteiger partial charge in [-0.15, -0.1) is 0 Å². The Morgan fingerprint density at radius 3 is 2.79 bits per heavy atom. The normalized spacial score (nSPS) is 14.3. The molecular weight excluding hydrogens is 242 g/mol. The lowest BCUT2D eigenvalue weighted by Gasteiger charge is -2.16. The predicted octanol–water partition coefficient (Wildman–Crippen LogP) is 1.50. The van der Waals surface area contributed by atoms with Gasteiger partial charge in [0.15, 0.2) is 0 Å². The molecule has 1 rings (SSSR count). The zero-order valence-corrected chi connectivity index (χ0v) is 12.1. The fourth-order valence-corrected chi connectivity index (χ4v) is 1.82. The highest BCUT2D eigenvalue weighted by Gasteiger charge is 2.07. The van der Waals surface area contributed by atoms with Crippen LogP contribution >= 0.6 is 0 Å². The lowest BCUT2D eigenvalue weighted by molar-refractivity contribution is -0.0311. The second-order valence-electron chi connectivity index (χ2n) is 4.87.